The number of hydrogen-bond donors (Lipinski definition) is 0. The van der Waals surface area contributed by atoms with Gasteiger partial charge in [-0.25, -0.2) is 0 Å². The minimum Gasteiger partial charge on any atom is -0.496 e. The second-order valence-electron chi connectivity index (χ2n) is 13.4. The molecule has 49 heavy (non-hydrogen) atoms. The highest BCUT2D eigenvalue weighted by Crippen LogP contribution is 2.38. The van der Waals surface area contributed by atoms with Crippen molar-refractivity contribution in [2.45, 2.75) is 37.5 Å². The Bertz CT molecular complexity index is 1650. The van der Waals surface area contributed by atoms with Gasteiger partial charge in [-0.3, -0.25) is 14.2 Å². The van der Waals surface area contributed by atoms with Crippen LogP contribution >= 0.6 is 0 Å². The van der Waals surface area contributed by atoms with Crippen LogP contribution in [-0.2, 0) is 10.2 Å². The van der Waals surface area contributed by atoms with Crippen LogP contribution in [0.5, 0.6) is 5.75 Å². The van der Waals surface area contributed by atoms with Gasteiger partial charge in [0, 0.05) is 51.4 Å². The van der Waals surface area contributed by atoms with Gasteiger partial charge in [0.15, 0.2) is 0 Å². The molecule has 0 saturated carbocycles. The SMILES string of the molecule is CCN1CCN(C(=O)C2(c3ccccc3)CCN(CC[C@H](CN(C)C(=O)c3cc(-n4cnnc4)ccc3OC)c3ccccc3)CC2)CC1. The number of likely N-dealkylation sites (tertiary alicyclic amines) is 1. The summed E-state index contributed by atoms with van der Waals surface area (Å²) in [5, 5.41) is 7.81. The van der Waals surface area contributed by atoms with Gasteiger partial charge in [0.2, 0.25) is 5.91 Å². The van der Waals surface area contributed by atoms with Crippen LogP contribution in [0.4, 0.5) is 0 Å². The fourth-order valence-electron chi connectivity index (χ4n) is 7.52. The van der Waals surface area contributed by atoms with Crippen molar-refractivity contribution in [2.24, 2.45) is 0 Å². The van der Waals surface area contributed by atoms with Crippen molar-refractivity contribution in [2.75, 3.05) is 73.1 Å². The molecular weight excluding hydrogens is 614 g/mol. The van der Waals surface area contributed by atoms with Crippen LogP contribution < -0.4 is 4.74 Å². The summed E-state index contributed by atoms with van der Waals surface area (Å²) in [7, 11) is 3.45. The third kappa shape index (κ3) is 7.71. The van der Waals surface area contributed by atoms with E-state index in [2.05, 4.69) is 80.4 Å². The van der Waals surface area contributed by atoms with Crippen LogP contribution in [0.15, 0.2) is 91.5 Å². The molecule has 0 bridgehead atoms. The van der Waals surface area contributed by atoms with Crippen molar-refractivity contribution >= 4 is 11.8 Å². The van der Waals surface area contributed by atoms with E-state index in [4.69, 9.17) is 4.74 Å². The first-order valence-corrected chi connectivity index (χ1v) is 17.5. The van der Waals surface area contributed by atoms with E-state index in [0.717, 1.165) is 82.9 Å². The summed E-state index contributed by atoms with van der Waals surface area (Å²) in [6, 6.07) is 26.5. The summed E-state index contributed by atoms with van der Waals surface area (Å²) in [6.45, 7) is 9.87. The normalized spacial score (nSPS) is 17.4. The highest BCUT2D eigenvalue weighted by Gasteiger charge is 2.45. The Labute approximate surface area is 290 Å². The third-order valence-corrected chi connectivity index (χ3v) is 10.6. The van der Waals surface area contributed by atoms with Gasteiger partial charge in [0.25, 0.3) is 5.91 Å². The zero-order valence-electron chi connectivity index (χ0n) is 29.1. The van der Waals surface area contributed by atoms with E-state index in [-0.39, 0.29) is 11.8 Å². The molecule has 6 rings (SSSR count). The van der Waals surface area contributed by atoms with Crippen molar-refractivity contribution < 1.29 is 14.3 Å². The molecule has 2 aliphatic heterocycles. The zero-order valence-corrected chi connectivity index (χ0v) is 29.1. The number of benzene rings is 3. The van der Waals surface area contributed by atoms with Gasteiger partial charge in [0.05, 0.1) is 18.1 Å². The second-order valence-corrected chi connectivity index (χ2v) is 13.4. The number of aromatic nitrogens is 3. The van der Waals surface area contributed by atoms with Crippen molar-refractivity contribution in [1.82, 2.24) is 34.4 Å². The Kier molecular flexibility index (Phi) is 11.1. The number of rotatable bonds is 12. The lowest BCUT2D eigenvalue weighted by molar-refractivity contribution is -0.141. The van der Waals surface area contributed by atoms with Crippen LogP contribution in [0, 0.1) is 0 Å². The molecule has 3 aromatic carbocycles. The summed E-state index contributed by atoms with van der Waals surface area (Å²) >= 11 is 0. The number of carbonyl (C=O) groups is 2. The maximum absolute atomic E-state index is 14.3. The number of carbonyl (C=O) groups excluding carboxylic acids is 2. The van der Waals surface area contributed by atoms with Crippen LogP contribution in [-0.4, -0.2) is 119 Å². The summed E-state index contributed by atoms with van der Waals surface area (Å²) in [4.78, 5) is 37.1. The number of methoxy groups -OCH3 is 1. The van der Waals surface area contributed by atoms with E-state index in [1.54, 1.807) is 29.2 Å². The molecule has 0 unspecified atom stereocenters. The van der Waals surface area contributed by atoms with Crippen molar-refractivity contribution in [3.05, 3.63) is 108 Å². The van der Waals surface area contributed by atoms with E-state index < -0.39 is 5.41 Å². The Morgan fingerprint density at radius 3 is 2.14 bits per heavy atom. The Hall–Kier alpha value is -4.54. The average Bonchev–Trinajstić information content (AvgIpc) is 3.72. The van der Waals surface area contributed by atoms with E-state index in [0.29, 0.717) is 23.8 Å². The molecule has 4 aromatic rings. The standard InChI is InChI=1S/C39H49N7O3/c1-4-43-23-25-45(26-24-43)38(48)39(33-13-9-6-10-14-33)18-21-44(22-19-39)20-17-32(31-11-7-5-8-12-31)28-42(2)37(47)35-27-34(15-16-36(35)49-3)46-29-40-41-30-46/h5-16,27,29-30,32H,4,17-26,28H2,1-3H3/t32-/m1/s1. The largest absolute Gasteiger partial charge is 0.496 e. The van der Waals surface area contributed by atoms with Gasteiger partial charge in [-0.05, 0) is 74.8 Å². The average molecular weight is 664 g/mol. The highest BCUT2D eigenvalue weighted by atomic mass is 16.5. The monoisotopic (exact) mass is 663 g/mol. The fraction of sp³-hybridized carbons (Fsp3) is 0.436. The molecule has 10 heteroatoms. The van der Waals surface area contributed by atoms with E-state index in [1.165, 1.54) is 5.56 Å². The Balaban J connectivity index is 1.14. The highest BCUT2D eigenvalue weighted by molar-refractivity contribution is 5.97. The van der Waals surface area contributed by atoms with Gasteiger partial charge < -0.3 is 24.3 Å². The number of piperazine rings is 1. The first kappa shape index (κ1) is 34.3. The summed E-state index contributed by atoms with van der Waals surface area (Å²) in [6.07, 6.45) is 5.73. The molecular formula is C39H49N7O3. The molecule has 1 aromatic heterocycles. The summed E-state index contributed by atoms with van der Waals surface area (Å²) in [5.74, 6) is 0.859. The molecule has 2 fully saturated rings. The minimum absolute atomic E-state index is 0.100. The van der Waals surface area contributed by atoms with Crippen molar-refractivity contribution in [3.63, 3.8) is 0 Å². The molecule has 258 valence electrons. The third-order valence-electron chi connectivity index (χ3n) is 10.6. The van der Waals surface area contributed by atoms with E-state index >= 15 is 0 Å². The Morgan fingerprint density at radius 2 is 1.51 bits per heavy atom. The number of piperidine rings is 1. The summed E-state index contributed by atoms with van der Waals surface area (Å²) < 4.78 is 7.37. The number of likely N-dealkylation sites (N-methyl/N-ethyl adjacent to an activating group) is 2. The maximum atomic E-state index is 14.3. The van der Waals surface area contributed by atoms with Gasteiger partial charge >= 0.3 is 0 Å². The van der Waals surface area contributed by atoms with Crippen LogP contribution in [0.25, 0.3) is 5.69 Å². The molecule has 0 N–H and O–H groups in total. The smallest absolute Gasteiger partial charge is 0.257 e. The van der Waals surface area contributed by atoms with Gasteiger partial charge in [0.1, 0.15) is 18.4 Å². The lowest BCUT2D eigenvalue weighted by Gasteiger charge is -2.45. The molecule has 0 aliphatic carbocycles. The number of ether oxygens (including phenoxy) is 1. The molecule has 10 nitrogen and oxygen atoms in total. The first-order valence-electron chi connectivity index (χ1n) is 17.5. The molecule has 3 heterocycles. The molecule has 2 aliphatic rings. The Morgan fingerprint density at radius 1 is 0.857 bits per heavy atom. The van der Waals surface area contributed by atoms with Crippen molar-refractivity contribution in [3.8, 4) is 11.4 Å². The number of hydrogen-bond acceptors (Lipinski definition) is 7. The van der Waals surface area contributed by atoms with Gasteiger partial charge in [-0.15, -0.1) is 10.2 Å². The second kappa shape index (κ2) is 15.8. The van der Waals surface area contributed by atoms with Crippen LogP contribution in [0.1, 0.15) is 53.6 Å². The maximum Gasteiger partial charge on any atom is 0.257 e. The quantitative estimate of drug-likeness (QED) is 0.217. The van der Waals surface area contributed by atoms with Crippen LogP contribution in [0.3, 0.4) is 0 Å². The predicted octanol–water partition coefficient (Wildman–Crippen LogP) is 4.72. The number of nitrogens with zero attached hydrogens (tertiary/aromatic N) is 7. The molecule has 0 spiro atoms. The zero-order chi connectivity index (χ0) is 34.2. The minimum atomic E-state index is -0.488. The number of amides is 2. The molecule has 2 amide bonds. The fourth-order valence-corrected chi connectivity index (χ4v) is 7.52. The van der Waals surface area contributed by atoms with Crippen molar-refractivity contribution in [1.29, 1.82) is 0 Å². The van der Waals surface area contributed by atoms with Crippen LogP contribution in [0.2, 0.25) is 0 Å². The first-order chi connectivity index (χ1) is 23.9. The molecule has 2 saturated heterocycles. The topological polar surface area (TPSA) is 87.0 Å². The lowest BCUT2D eigenvalue weighted by Crippen LogP contribution is -2.57. The molecule has 1 atom stereocenters. The summed E-state index contributed by atoms with van der Waals surface area (Å²) in [5.41, 5.74) is 3.16. The predicted molar refractivity (Wildman–Crippen MR) is 191 cm³/mol. The van der Waals surface area contributed by atoms with E-state index in [9.17, 15) is 9.59 Å². The van der Waals surface area contributed by atoms with Gasteiger partial charge in [-0.1, -0.05) is 67.6 Å². The van der Waals surface area contributed by atoms with Gasteiger partial charge in [-0.2, -0.15) is 0 Å². The van der Waals surface area contributed by atoms with E-state index in [1.807, 2.05) is 37.4 Å². The molecule has 0 radical (unpaired) electrons. The lowest BCUT2D eigenvalue weighted by atomic mass is 9.71.